The predicted molar refractivity (Wildman–Crippen MR) is 155 cm³/mol. The summed E-state index contributed by atoms with van der Waals surface area (Å²) in [5.74, 6) is 0. The van der Waals surface area contributed by atoms with E-state index in [4.69, 9.17) is 0 Å². The number of halogens is 7. The van der Waals surface area contributed by atoms with Crippen LogP contribution < -0.4 is 10.6 Å². The third kappa shape index (κ3) is 7.32. The average Bonchev–Trinajstić information content (AvgIpc) is 2.93. The highest BCUT2D eigenvalue weighted by Gasteiger charge is 2.41. The third-order valence-electron chi connectivity index (χ3n) is 6.53. The van der Waals surface area contributed by atoms with Gasteiger partial charge in [-0.25, -0.2) is 0 Å². The summed E-state index contributed by atoms with van der Waals surface area (Å²) in [6.45, 7) is 1.94. The fourth-order valence-corrected chi connectivity index (χ4v) is 5.82. The fourth-order valence-electron chi connectivity index (χ4n) is 4.48. The number of aliphatic hydroxyl groups excluding tert-OH is 1. The molecule has 0 aliphatic heterocycles. The number of nitrogens with zero attached hydrogens (tertiary/aromatic N) is 1. The fraction of sp³-hybridized carbons (Fsp3) is 0.200. The van der Waals surface area contributed by atoms with Gasteiger partial charge in [-0.15, -0.1) is 0 Å². The van der Waals surface area contributed by atoms with E-state index in [1.54, 1.807) is 36.4 Å². The molecule has 2 atom stereocenters. The number of alkyl halides is 6. The molecular formula is C30H26F6IN3O. The molecule has 0 fully saturated rings. The van der Waals surface area contributed by atoms with Crippen molar-refractivity contribution in [3.8, 4) is 0 Å². The summed E-state index contributed by atoms with van der Waals surface area (Å²) in [6, 6.07) is 20.5. The molecule has 4 rings (SSSR count). The van der Waals surface area contributed by atoms with Crippen molar-refractivity contribution in [3.63, 3.8) is 0 Å². The number of hydrogen-bond acceptors (Lipinski definition) is 4. The second-order valence-corrected chi connectivity index (χ2v) is 11.3. The maximum absolute atomic E-state index is 13.8. The van der Waals surface area contributed by atoms with Gasteiger partial charge in [-0.1, -0.05) is 73.8 Å². The van der Waals surface area contributed by atoms with Crippen LogP contribution in [0.25, 0.3) is 0 Å². The van der Waals surface area contributed by atoms with Gasteiger partial charge in [-0.05, 0) is 60.0 Å². The highest BCUT2D eigenvalue weighted by Crippen LogP contribution is 2.38. The van der Waals surface area contributed by atoms with E-state index in [1.807, 2.05) is 19.1 Å². The standard InChI is InChI=1S/C30H26F6IN3O/c1-19-11-13-24(16-25(19)37-2)39-27(41)40-28(17-20-7-4-3-5-8-20,21-9-6-10-22(15-21)29(31,32)33)26-14-12-23(18-38-26)30(34,35)36/h3-16,18,27,39-41H,2,17H2,1H3. The van der Waals surface area contributed by atoms with Gasteiger partial charge in [0.15, 0.2) is 6.35 Å². The van der Waals surface area contributed by atoms with Crippen molar-refractivity contribution < 1.29 is 31.4 Å². The summed E-state index contributed by atoms with van der Waals surface area (Å²) in [5.41, 5.74) is -1.39. The van der Waals surface area contributed by atoms with Crippen molar-refractivity contribution in [2.24, 2.45) is 0 Å². The number of nitrogens with one attached hydrogen (secondary N) is 2. The van der Waals surface area contributed by atoms with E-state index in [0.29, 0.717) is 17.4 Å². The van der Waals surface area contributed by atoms with Crippen LogP contribution in [0.4, 0.5) is 32.0 Å². The first-order valence-electron chi connectivity index (χ1n) is 12.3. The van der Waals surface area contributed by atoms with Gasteiger partial charge in [0, 0.05) is 21.9 Å². The number of benzene rings is 3. The van der Waals surface area contributed by atoms with Crippen molar-refractivity contribution in [2.45, 2.75) is 37.6 Å². The maximum atomic E-state index is 13.8. The number of aryl methyl sites for hydroxylation is 1. The minimum atomic E-state index is -4.69. The first-order chi connectivity index (χ1) is 19.3. The molecule has 0 aliphatic carbocycles. The summed E-state index contributed by atoms with van der Waals surface area (Å²) in [5, 5.41) is 17.1. The molecule has 1 heterocycles. The van der Waals surface area contributed by atoms with E-state index in [-0.39, 0.29) is 17.7 Å². The zero-order chi connectivity index (χ0) is 29.8. The van der Waals surface area contributed by atoms with Gasteiger partial charge in [0.1, 0.15) is 0 Å². The van der Waals surface area contributed by atoms with E-state index in [1.165, 1.54) is 12.1 Å². The minimum absolute atomic E-state index is 0.0113. The highest BCUT2D eigenvalue weighted by atomic mass is 127. The zero-order valence-corrected chi connectivity index (χ0v) is 23.8. The Morgan fingerprint density at radius 1 is 0.829 bits per heavy atom. The Balaban J connectivity index is 1.88. The summed E-state index contributed by atoms with van der Waals surface area (Å²) >= 11 is -0.519. The lowest BCUT2D eigenvalue weighted by Gasteiger charge is -2.38. The quantitative estimate of drug-likeness (QED) is 0.0974. The van der Waals surface area contributed by atoms with Crippen molar-refractivity contribution in [1.82, 2.24) is 10.3 Å². The van der Waals surface area contributed by atoms with Crippen LogP contribution in [-0.4, -0.2) is 21.0 Å². The number of anilines is 1. The molecule has 0 aliphatic rings. The Hall–Kier alpha value is -3.29. The van der Waals surface area contributed by atoms with E-state index >= 15 is 0 Å². The summed E-state index contributed by atoms with van der Waals surface area (Å²) in [6.07, 6.45) is -10.3. The molecule has 4 nitrogen and oxygen atoms in total. The third-order valence-corrected chi connectivity index (χ3v) is 8.51. The van der Waals surface area contributed by atoms with Gasteiger partial charge in [0.05, 0.1) is 22.4 Å². The van der Waals surface area contributed by atoms with Crippen molar-refractivity contribution in [1.29, 1.82) is 0 Å². The predicted octanol–water partition coefficient (Wildman–Crippen LogP) is 7.46. The topological polar surface area (TPSA) is 57.2 Å². The molecule has 0 saturated heterocycles. The molecule has 3 aromatic carbocycles. The number of aromatic nitrogens is 1. The van der Waals surface area contributed by atoms with Crippen molar-refractivity contribution in [3.05, 3.63) is 128 Å². The lowest BCUT2D eigenvalue weighted by Crippen LogP contribution is -2.53. The van der Waals surface area contributed by atoms with Crippen LogP contribution in [0.15, 0.2) is 91.1 Å². The van der Waals surface area contributed by atoms with Gasteiger partial charge < -0.3 is 10.4 Å². The summed E-state index contributed by atoms with van der Waals surface area (Å²) in [4.78, 5) is 4.07. The van der Waals surface area contributed by atoms with E-state index in [0.717, 1.165) is 33.4 Å². The van der Waals surface area contributed by atoms with Crippen LogP contribution in [0.2, 0.25) is 0 Å². The molecule has 216 valence electrons. The van der Waals surface area contributed by atoms with Gasteiger partial charge in [0.25, 0.3) is 0 Å². The summed E-state index contributed by atoms with van der Waals surface area (Å²) < 4.78 is 86.6. The van der Waals surface area contributed by atoms with Crippen LogP contribution in [0.1, 0.15) is 33.5 Å². The Morgan fingerprint density at radius 3 is 2.12 bits per heavy atom. The average molecular weight is 685 g/mol. The minimum Gasteiger partial charge on any atom is -0.361 e. The molecule has 0 spiro atoms. The van der Waals surface area contributed by atoms with Gasteiger partial charge in [-0.3, -0.25) is 10.3 Å². The van der Waals surface area contributed by atoms with Crippen LogP contribution in [0, 0.1) is 10.5 Å². The Labute approximate surface area is 243 Å². The maximum Gasteiger partial charge on any atom is 0.417 e. The molecular weight excluding hydrogens is 659 g/mol. The van der Waals surface area contributed by atoms with Crippen LogP contribution in [0.5, 0.6) is 0 Å². The Morgan fingerprint density at radius 2 is 1.51 bits per heavy atom. The van der Waals surface area contributed by atoms with Crippen LogP contribution in [0.3, 0.4) is 0 Å². The van der Waals surface area contributed by atoms with Gasteiger partial charge in [-0.2, -0.15) is 26.3 Å². The van der Waals surface area contributed by atoms with E-state index in [9.17, 15) is 31.4 Å². The summed E-state index contributed by atoms with van der Waals surface area (Å²) in [7, 11) is 0. The Kier molecular flexibility index (Phi) is 9.19. The van der Waals surface area contributed by atoms with Crippen molar-refractivity contribution >= 4 is 30.9 Å². The van der Waals surface area contributed by atoms with Crippen LogP contribution >= 0.6 is 20.7 Å². The number of rotatable bonds is 9. The first kappa shape index (κ1) is 30.7. The number of hydrogen-bond donors (Lipinski definition) is 3. The number of pyridine rings is 1. The molecule has 3 N–H and O–H groups in total. The molecule has 1 aromatic heterocycles. The normalized spacial score (nSPS) is 14.3. The first-order valence-corrected chi connectivity index (χ1v) is 14.9. The zero-order valence-electron chi connectivity index (χ0n) is 21.7. The molecule has 0 amide bonds. The van der Waals surface area contributed by atoms with E-state index in [2.05, 4.69) is 20.1 Å². The van der Waals surface area contributed by atoms with Gasteiger partial charge >= 0.3 is 12.4 Å². The Bertz CT molecular complexity index is 1490. The molecule has 11 heteroatoms. The second-order valence-electron chi connectivity index (χ2n) is 9.36. The van der Waals surface area contributed by atoms with Crippen LogP contribution in [-0.2, 0) is 24.3 Å². The largest absolute Gasteiger partial charge is 0.417 e. The lowest BCUT2D eigenvalue weighted by atomic mass is 9.79. The highest BCUT2D eigenvalue weighted by molar-refractivity contribution is 14.2. The molecule has 0 bridgehead atoms. The molecule has 2 unspecified atom stereocenters. The molecule has 0 radical (unpaired) electrons. The second kappa shape index (κ2) is 12.3. The van der Waals surface area contributed by atoms with Crippen molar-refractivity contribution in [2.75, 3.05) is 5.32 Å². The molecule has 0 saturated carbocycles. The SMILES string of the molecule is C=Ic1cc(NC(O)NC(Cc2ccccc2)(c2cccc(C(F)(F)F)c2)c2ccc(C(F)(F)F)cn2)ccc1C. The molecule has 41 heavy (non-hydrogen) atoms. The van der Waals surface area contributed by atoms with Gasteiger partial charge in [0.2, 0.25) is 0 Å². The molecule has 4 aromatic rings. The monoisotopic (exact) mass is 685 g/mol. The smallest absolute Gasteiger partial charge is 0.361 e. The number of aliphatic hydroxyl groups is 1. The van der Waals surface area contributed by atoms with E-state index < -0.39 is 56.1 Å². The lowest BCUT2D eigenvalue weighted by molar-refractivity contribution is -0.138.